The molecular weight excluding hydrogens is 646 g/mol. The van der Waals surface area contributed by atoms with E-state index >= 15 is 4.39 Å². The quantitative estimate of drug-likeness (QED) is 0.303. The fourth-order valence-corrected chi connectivity index (χ4v) is 9.94. The summed E-state index contributed by atoms with van der Waals surface area (Å²) in [5, 5.41) is 6.23. The average molecular weight is 682 g/mol. The van der Waals surface area contributed by atoms with Crippen molar-refractivity contribution < 1.29 is 48.3 Å². The van der Waals surface area contributed by atoms with Gasteiger partial charge in [0.05, 0.1) is 10.4 Å². The van der Waals surface area contributed by atoms with E-state index in [-0.39, 0.29) is 54.0 Å². The lowest BCUT2D eigenvalue weighted by atomic mass is 9.82. The summed E-state index contributed by atoms with van der Waals surface area (Å²) >= 11 is 0. The number of carbonyl (C=O) groups excluding carboxylic acids is 1. The summed E-state index contributed by atoms with van der Waals surface area (Å²) in [6.45, 7) is 6.03. The van der Waals surface area contributed by atoms with Gasteiger partial charge in [-0.1, -0.05) is 18.2 Å². The standard InChI is InChI=1S/C31H35F8N3O3S/c1-27(2,42-16-14-40-15-17-42)26(43)41-25-12-13-28(46(44,45)22-9-7-21(32)8-10-22)23-11-6-20(18-19(23)4-3-5-24(25)28)29(33,30(34,35)36)31(37,38)39/h6-11,18,24-25,40H,3-5,12-17H2,1-2H3,(H,41,43)/t24-,25+,28+/m0/s1. The summed E-state index contributed by atoms with van der Waals surface area (Å²) in [4.78, 5) is 15.4. The third kappa shape index (κ3) is 5.39. The maximum atomic E-state index is 15.1. The van der Waals surface area contributed by atoms with E-state index in [0.717, 1.165) is 30.3 Å². The van der Waals surface area contributed by atoms with Crippen LogP contribution in [0.4, 0.5) is 35.1 Å². The molecule has 1 heterocycles. The van der Waals surface area contributed by atoms with Crippen LogP contribution in [-0.2, 0) is 31.5 Å². The van der Waals surface area contributed by atoms with Crippen molar-refractivity contribution >= 4 is 15.7 Å². The molecule has 5 rings (SSSR count). The van der Waals surface area contributed by atoms with E-state index in [1.165, 1.54) is 0 Å². The van der Waals surface area contributed by atoms with Crippen molar-refractivity contribution in [3.63, 3.8) is 0 Å². The highest BCUT2D eigenvalue weighted by Crippen LogP contribution is 2.58. The highest BCUT2D eigenvalue weighted by molar-refractivity contribution is 7.92. The van der Waals surface area contributed by atoms with Gasteiger partial charge in [-0.05, 0) is 81.3 Å². The molecule has 0 aromatic heterocycles. The summed E-state index contributed by atoms with van der Waals surface area (Å²) in [7, 11) is -4.52. The number of piperazine rings is 1. The largest absolute Gasteiger partial charge is 0.435 e. The summed E-state index contributed by atoms with van der Waals surface area (Å²) in [5.41, 5.74) is -8.56. The number of sulfone groups is 1. The first kappa shape index (κ1) is 34.6. The van der Waals surface area contributed by atoms with Gasteiger partial charge in [0.25, 0.3) is 0 Å². The second kappa shape index (κ2) is 11.7. The molecule has 0 spiro atoms. The zero-order valence-corrected chi connectivity index (χ0v) is 26.0. The summed E-state index contributed by atoms with van der Waals surface area (Å²) in [6.07, 6.45) is -12.5. The number of fused-ring (bicyclic) bond motifs is 3. The predicted molar refractivity (Wildman–Crippen MR) is 153 cm³/mol. The Bertz CT molecular complexity index is 1560. The van der Waals surface area contributed by atoms with E-state index in [4.69, 9.17) is 0 Å². The average Bonchev–Trinajstić information content (AvgIpc) is 3.25. The van der Waals surface area contributed by atoms with E-state index in [2.05, 4.69) is 10.6 Å². The number of nitrogens with zero attached hydrogens (tertiary/aromatic N) is 1. The van der Waals surface area contributed by atoms with Gasteiger partial charge in [-0.2, -0.15) is 26.3 Å². The van der Waals surface area contributed by atoms with Crippen LogP contribution < -0.4 is 10.6 Å². The van der Waals surface area contributed by atoms with E-state index in [9.17, 15) is 43.9 Å². The van der Waals surface area contributed by atoms with Crippen molar-refractivity contribution in [2.75, 3.05) is 26.2 Å². The maximum absolute atomic E-state index is 15.1. The van der Waals surface area contributed by atoms with Crippen molar-refractivity contribution in [2.24, 2.45) is 5.92 Å². The number of amides is 1. The minimum absolute atomic E-state index is 0.0483. The monoisotopic (exact) mass is 681 g/mol. The molecule has 0 bridgehead atoms. The second-order valence-electron chi connectivity index (χ2n) is 12.8. The SMILES string of the molecule is CC(C)(C(=O)N[C@@H]1CC[C@@]2(S(=O)(=O)c3ccc(F)cc3)c3ccc(C(F)(C(F)(F)F)C(F)(F)F)cc3CCC[C@@H]12)N1CCNCC1. The topological polar surface area (TPSA) is 78.5 Å². The van der Waals surface area contributed by atoms with Crippen LogP contribution in [0.15, 0.2) is 47.4 Å². The van der Waals surface area contributed by atoms with Gasteiger partial charge >= 0.3 is 18.0 Å². The zero-order valence-electron chi connectivity index (χ0n) is 25.2. The Kier molecular flexibility index (Phi) is 8.81. The number of hydrogen-bond acceptors (Lipinski definition) is 5. The smallest absolute Gasteiger partial charge is 0.351 e. The molecule has 6 nitrogen and oxygen atoms in total. The highest BCUT2D eigenvalue weighted by atomic mass is 32.2. The number of nitrogens with one attached hydrogen (secondary N) is 2. The van der Waals surface area contributed by atoms with Crippen LogP contribution in [0.3, 0.4) is 0 Å². The molecule has 1 amide bonds. The minimum atomic E-state index is -6.34. The zero-order chi connectivity index (χ0) is 33.9. The number of benzene rings is 2. The Labute approximate surface area is 261 Å². The van der Waals surface area contributed by atoms with E-state index in [1.54, 1.807) is 13.8 Å². The summed E-state index contributed by atoms with van der Waals surface area (Å²) in [6, 6.07) is 4.93. The first-order valence-corrected chi connectivity index (χ1v) is 16.5. The van der Waals surface area contributed by atoms with Gasteiger partial charge in [-0.3, -0.25) is 9.69 Å². The molecule has 0 radical (unpaired) electrons. The summed E-state index contributed by atoms with van der Waals surface area (Å²) < 4.78 is 138. The first-order chi connectivity index (χ1) is 21.3. The van der Waals surface area contributed by atoms with Gasteiger partial charge in [-0.25, -0.2) is 17.2 Å². The molecule has 1 saturated carbocycles. The van der Waals surface area contributed by atoms with Gasteiger partial charge in [0.2, 0.25) is 5.91 Å². The molecule has 3 atom stereocenters. The molecule has 2 fully saturated rings. The van der Waals surface area contributed by atoms with Crippen LogP contribution >= 0.6 is 0 Å². The molecule has 2 aliphatic carbocycles. The molecule has 46 heavy (non-hydrogen) atoms. The molecular formula is C31H35F8N3O3S. The second-order valence-corrected chi connectivity index (χ2v) is 15.0. The van der Waals surface area contributed by atoms with Gasteiger partial charge in [0, 0.05) is 43.7 Å². The molecule has 15 heteroatoms. The number of hydrogen-bond donors (Lipinski definition) is 2. The Hall–Kier alpha value is -2.78. The number of aryl methyl sites for hydroxylation is 1. The van der Waals surface area contributed by atoms with Crippen LogP contribution in [-0.4, -0.2) is 69.3 Å². The maximum Gasteiger partial charge on any atom is 0.435 e. The van der Waals surface area contributed by atoms with Crippen molar-refractivity contribution in [1.29, 1.82) is 0 Å². The van der Waals surface area contributed by atoms with Crippen molar-refractivity contribution in [2.45, 2.75) is 85.2 Å². The molecule has 1 aliphatic heterocycles. The van der Waals surface area contributed by atoms with Gasteiger partial charge in [-0.15, -0.1) is 0 Å². The lowest BCUT2D eigenvalue weighted by molar-refractivity contribution is -0.348. The van der Waals surface area contributed by atoms with Gasteiger partial charge < -0.3 is 10.6 Å². The van der Waals surface area contributed by atoms with Crippen molar-refractivity contribution in [1.82, 2.24) is 15.5 Å². The summed E-state index contributed by atoms with van der Waals surface area (Å²) in [5.74, 6) is -1.92. The number of rotatable bonds is 6. The highest BCUT2D eigenvalue weighted by Gasteiger charge is 2.73. The van der Waals surface area contributed by atoms with E-state index in [0.29, 0.717) is 38.3 Å². The van der Waals surface area contributed by atoms with Crippen LogP contribution in [0.25, 0.3) is 0 Å². The fourth-order valence-electron chi connectivity index (χ4n) is 7.47. The van der Waals surface area contributed by atoms with Crippen molar-refractivity contribution in [3.8, 4) is 0 Å². The first-order valence-electron chi connectivity index (χ1n) is 15.0. The minimum Gasteiger partial charge on any atom is -0.351 e. The Morgan fingerprint density at radius 3 is 2.13 bits per heavy atom. The Morgan fingerprint density at radius 2 is 1.54 bits per heavy atom. The lowest BCUT2D eigenvalue weighted by Crippen LogP contribution is -2.61. The molecule has 2 aromatic rings. The molecule has 1 saturated heterocycles. The molecule has 2 aromatic carbocycles. The Balaban J connectivity index is 1.64. The van der Waals surface area contributed by atoms with Crippen LogP contribution in [0.2, 0.25) is 0 Å². The number of carbonyl (C=O) groups is 1. The molecule has 254 valence electrons. The predicted octanol–water partition coefficient (Wildman–Crippen LogP) is 5.70. The number of halogens is 8. The van der Waals surface area contributed by atoms with Gasteiger partial charge in [0.1, 0.15) is 10.6 Å². The molecule has 2 N–H and O–H groups in total. The molecule has 0 unspecified atom stereocenters. The van der Waals surface area contributed by atoms with Crippen LogP contribution in [0.1, 0.15) is 56.2 Å². The van der Waals surface area contributed by atoms with Gasteiger partial charge in [0.15, 0.2) is 9.84 Å². The van der Waals surface area contributed by atoms with E-state index < -0.39 is 61.5 Å². The number of alkyl halides is 7. The lowest BCUT2D eigenvalue weighted by Gasteiger charge is -2.41. The fraction of sp³-hybridized carbons (Fsp3) is 0.581. The third-order valence-electron chi connectivity index (χ3n) is 10.00. The van der Waals surface area contributed by atoms with Crippen molar-refractivity contribution in [3.05, 3.63) is 65.0 Å². The van der Waals surface area contributed by atoms with Crippen LogP contribution in [0.5, 0.6) is 0 Å². The Morgan fingerprint density at radius 1 is 0.935 bits per heavy atom. The van der Waals surface area contributed by atoms with Crippen LogP contribution in [0, 0.1) is 11.7 Å². The normalized spacial score (nSPS) is 25.0. The third-order valence-corrected chi connectivity index (χ3v) is 12.6. The van der Waals surface area contributed by atoms with E-state index in [1.807, 2.05) is 4.90 Å². The molecule has 3 aliphatic rings.